The fraction of sp³-hybridized carbons (Fsp3) is 1.00. The molecule has 2 fully saturated rings. The maximum Gasteiger partial charge on any atom is 0.0707 e. The van der Waals surface area contributed by atoms with Crippen molar-refractivity contribution in [1.82, 2.24) is 15.1 Å². The van der Waals surface area contributed by atoms with E-state index in [1.165, 1.54) is 51.9 Å². The van der Waals surface area contributed by atoms with Gasteiger partial charge in [-0.3, -0.25) is 9.80 Å². The first-order valence-corrected chi connectivity index (χ1v) is 9.09. The Bertz CT molecular complexity index is 283. The molecule has 0 aliphatic carbocycles. The van der Waals surface area contributed by atoms with E-state index in [1.54, 1.807) is 0 Å². The standard InChI is InChI=1S/C17H35N3O/c1-4-10-18-12-16-7-8-17(21-16)14-19-11-9-15(13-19)20(5-2)6-3/h15-18H,4-14H2,1-3H3. The number of hydrogen-bond acceptors (Lipinski definition) is 4. The van der Waals surface area contributed by atoms with Crippen molar-refractivity contribution >= 4 is 0 Å². The maximum atomic E-state index is 6.20. The van der Waals surface area contributed by atoms with Gasteiger partial charge in [-0.2, -0.15) is 0 Å². The maximum absolute atomic E-state index is 6.20. The molecule has 2 saturated heterocycles. The van der Waals surface area contributed by atoms with Gasteiger partial charge in [0.25, 0.3) is 0 Å². The molecule has 0 saturated carbocycles. The van der Waals surface area contributed by atoms with Crippen LogP contribution < -0.4 is 5.32 Å². The zero-order valence-electron chi connectivity index (χ0n) is 14.3. The monoisotopic (exact) mass is 297 g/mol. The highest BCUT2D eigenvalue weighted by atomic mass is 16.5. The summed E-state index contributed by atoms with van der Waals surface area (Å²) in [6, 6.07) is 0.767. The molecule has 2 aliphatic heterocycles. The van der Waals surface area contributed by atoms with Gasteiger partial charge in [0.1, 0.15) is 0 Å². The molecule has 0 aromatic heterocycles. The molecule has 1 N–H and O–H groups in total. The van der Waals surface area contributed by atoms with Gasteiger partial charge in [-0.05, 0) is 51.9 Å². The van der Waals surface area contributed by atoms with Crippen LogP contribution in [0.4, 0.5) is 0 Å². The van der Waals surface area contributed by atoms with E-state index >= 15 is 0 Å². The van der Waals surface area contributed by atoms with Gasteiger partial charge in [0, 0.05) is 25.7 Å². The number of rotatable bonds is 9. The second-order valence-corrected chi connectivity index (χ2v) is 6.58. The third-order valence-electron chi connectivity index (χ3n) is 5.03. The molecule has 4 nitrogen and oxygen atoms in total. The van der Waals surface area contributed by atoms with Gasteiger partial charge in [0.05, 0.1) is 12.2 Å². The molecular weight excluding hydrogens is 262 g/mol. The topological polar surface area (TPSA) is 27.7 Å². The van der Waals surface area contributed by atoms with Gasteiger partial charge in [-0.25, -0.2) is 0 Å². The molecule has 2 rings (SSSR count). The van der Waals surface area contributed by atoms with Gasteiger partial charge in [-0.1, -0.05) is 20.8 Å². The number of nitrogens with one attached hydrogen (secondary N) is 1. The second kappa shape index (κ2) is 9.09. The molecule has 2 aliphatic rings. The summed E-state index contributed by atoms with van der Waals surface area (Å²) in [5.41, 5.74) is 0. The molecule has 0 radical (unpaired) electrons. The Morgan fingerprint density at radius 3 is 2.57 bits per heavy atom. The Balaban J connectivity index is 1.65. The summed E-state index contributed by atoms with van der Waals surface area (Å²) < 4.78 is 6.20. The Kier molecular flexibility index (Phi) is 7.44. The van der Waals surface area contributed by atoms with Crippen molar-refractivity contribution in [2.24, 2.45) is 0 Å². The molecule has 3 atom stereocenters. The van der Waals surface area contributed by atoms with Crippen molar-refractivity contribution < 1.29 is 4.74 Å². The van der Waals surface area contributed by atoms with Crippen molar-refractivity contribution in [2.75, 3.05) is 45.8 Å². The van der Waals surface area contributed by atoms with Crippen LogP contribution in [0.15, 0.2) is 0 Å². The minimum absolute atomic E-state index is 0.447. The lowest BCUT2D eigenvalue weighted by Crippen LogP contribution is -2.39. The van der Waals surface area contributed by atoms with E-state index in [2.05, 4.69) is 35.9 Å². The minimum atomic E-state index is 0.447. The number of ether oxygens (including phenoxy) is 1. The molecule has 4 heteroatoms. The predicted molar refractivity (Wildman–Crippen MR) is 88.8 cm³/mol. The Morgan fingerprint density at radius 2 is 1.86 bits per heavy atom. The van der Waals surface area contributed by atoms with Crippen LogP contribution in [0.1, 0.15) is 46.5 Å². The van der Waals surface area contributed by atoms with Crippen LogP contribution in [0.3, 0.4) is 0 Å². The average Bonchev–Trinajstić information content (AvgIpc) is 3.11. The van der Waals surface area contributed by atoms with E-state index in [1.807, 2.05) is 0 Å². The van der Waals surface area contributed by atoms with Crippen LogP contribution in [-0.4, -0.2) is 73.9 Å². The fourth-order valence-corrected chi connectivity index (χ4v) is 3.81. The third-order valence-corrected chi connectivity index (χ3v) is 5.03. The summed E-state index contributed by atoms with van der Waals surface area (Å²) in [5.74, 6) is 0. The van der Waals surface area contributed by atoms with Gasteiger partial charge in [0.2, 0.25) is 0 Å². The quantitative estimate of drug-likeness (QED) is 0.658. The number of likely N-dealkylation sites (N-methyl/N-ethyl adjacent to an activating group) is 1. The average molecular weight is 297 g/mol. The first-order chi connectivity index (χ1) is 10.3. The summed E-state index contributed by atoms with van der Waals surface area (Å²) in [6.45, 7) is 14.9. The largest absolute Gasteiger partial charge is 0.372 e. The molecule has 0 bridgehead atoms. The normalized spacial score (nSPS) is 30.6. The lowest BCUT2D eigenvalue weighted by atomic mass is 10.2. The Morgan fingerprint density at radius 1 is 1.10 bits per heavy atom. The van der Waals surface area contributed by atoms with Crippen molar-refractivity contribution in [3.05, 3.63) is 0 Å². The lowest BCUT2D eigenvalue weighted by Gasteiger charge is -2.27. The highest BCUT2D eigenvalue weighted by Crippen LogP contribution is 2.23. The van der Waals surface area contributed by atoms with E-state index in [0.29, 0.717) is 12.2 Å². The van der Waals surface area contributed by atoms with Crippen LogP contribution in [0.25, 0.3) is 0 Å². The number of hydrogen-bond donors (Lipinski definition) is 1. The molecule has 21 heavy (non-hydrogen) atoms. The summed E-state index contributed by atoms with van der Waals surface area (Å²) in [5, 5.41) is 3.48. The second-order valence-electron chi connectivity index (χ2n) is 6.58. The summed E-state index contributed by atoms with van der Waals surface area (Å²) in [7, 11) is 0. The van der Waals surface area contributed by atoms with Crippen LogP contribution in [-0.2, 0) is 4.74 Å². The Labute approximate surface area is 131 Å². The van der Waals surface area contributed by atoms with Crippen LogP contribution in [0.2, 0.25) is 0 Å². The smallest absolute Gasteiger partial charge is 0.0707 e. The Hall–Kier alpha value is -0.160. The minimum Gasteiger partial charge on any atom is -0.372 e. The summed E-state index contributed by atoms with van der Waals surface area (Å²) in [4.78, 5) is 5.22. The molecule has 2 heterocycles. The summed E-state index contributed by atoms with van der Waals surface area (Å²) in [6.07, 6.45) is 5.92. The van der Waals surface area contributed by atoms with E-state index in [4.69, 9.17) is 4.74 Å². The van der Waals surface area contributed by atoms with Crippen LogP contribution in [0, 0.1) is 0 Å². The lowest BCUT2D eigenvalue weighted by molar-refractivity contribution is 0.0264. The number of likely N-dealkylation sites (tertiary alicyclic amines) is 1. The predicted octanol–water partition coefficient (Wildman–Crippen LogP) is 1.95. The molecule has 0 aromatic carbocycles. The van der Waals surface area contributed by atoms with Crippen molar-refractivity contribution in [3.8, 4) is 0 Å². The first-order valence-electron chi connectivity index (χ1n) is 9.09. The first kappa shape index (κ1) is 17.2. The van der Waals surface area contributed by atoms with Crippen LogP contribution in [0.5, 0.6) is 0 Å². The van der Waals surface area contributed by atoms with E-state index < -0.39 is 0 Å². The zero-order valence-corrected chi connectivity index (χ0v) is 14.3. The SMILES string of the molecule is CCCNCC1CCC(CN2CCC(N(CC)CC)C2)O1. The number of nitrogens with zero attached hydrogens (tertiary/aromatic N) is 2. The molecule has 0 spiro atoms. The van der Waals surface area contributed by atoms with Gasteiger partial charge in [0.15, 0.2) is 0 Å². The van der Waals surface area contributed by atoms with Crippen LogP contribution >= 0.6 is 0 Å². The van der Waals surface area contributed by atoms with E-state index in [0.717, 1.165) is 25.7 Å². The molecule has 3 unspecified atom stereocenters. The van der Waals surface area contributed by atoms with Crippen molar-refractivity contribution in [1.29, 1.82) is 0 Å². The van der Waals surface area contributed by atoms with Gasteiger partial charge >= 0.3 is 0 Å². The molecular formula is C17H35N3O. The summed E-state index contributed by atoms with van der Waals surface area (Å²) >= 11 is 0. The highest BCUT2D eigenvalue weighted by molar-refractivity contribution is 4.86. The van der Waals surface area contributed by atoms with Crippen molar-refractivity contribution in [2.45, 2.75) is 64.7 Å². The third kappa shape index (κ3) is 5.20. The fourth-order valence-electron chi connectivity index (χ4n) is 3.81. The highest BCUT2D eigenvalue weighted by Gasteiger charge is 2.31. The molecule has 0 amide bonds. The van der Waals surface area contributed by atoms with Gasteiger partial charge in [-0.15, -0.1) is 0 Å². The molecule has 124 valence electrons. The van der Waals surface area contributed by atoms with Crippen molar-refractivity contribution in [3.63, 3.8) is 0 Å². The van der Waals surface area contributed by atoms with E-state index in [9.17, 15) is 0 Å². The van der Waals surface area contributed by atoms with Gasteiger partial charge < -0.3 is 10.1 Å². The zero-order chi connectivity index (χ0) is 15.1. The molecule has 0 aromatic rings. The van der Waals surface area contributed by atoms with E-state index in [-0.39, 0.29) is 0 Å².